The summed E-state index contributed by atoms with van der Waals surface area (Å²) in [5.74, 6) is 0.981. The highest BCUT2D eigenvalue weighted by Gasteiger charge is 2.17. The van der Waals surface area contributed by atoms with Gasteiger partial charge in [-0.2, -0.15) is 0 Å². The SMILES string of the molecule is CCNC(C)c1oc2c(Cl)cc(C)cc2c1C. The lowest BCUT2D eigenvalue weighted by Crippen LogP contribution is -2.17. The fourth-order valence-corrected chi connectivity index (χ4v) is 2.55. The van der Waals surface area contributed by atoms with Crippen LogP contribution in [0, 0.1) is 13.8 Å². The van der Waals surface area contributed by atoms with Gasteiger partial charge in [0, 0.05) is 10.9 Å². The van der Waals surface area contributed by atoms with Crippen molar-refractivity contribution < 1.29 is 4.42 Å². The van der Waals surface area contributed by atoms with Crippen molar-refractivity contribution in [3.63, 3.8) is 0 Å². The second-order valence-electron chi connectivity index (χ2n) is 4.49. The summed E-state index contributed by atoms with van der Waals surface area (Å²) in [7, 11) is 0. The highest BCUT2D eigenvalue weighted by Crippen LogP contribution is 2.34. The molecule has 0 aliphatic rings. The van der Waals surface area contributed by atoms with Crippen LogP contribution < -0.4 is 5.32 Å². The first-order valence-electron chi connectivity index (χ1n) is 5.97. The summed E-state index contributed by atoms with van der Waals surface area (Å²) >= 11 is 6.22. The van der Waals surface area contributed by atoms with Gasteiger partial charge in [0.15, 0.2) is 5.58 Å². The van der Waals surface area contributed by atoms with E-state index in [1.165, 1.54) is 5.56 Å². The predicted octanol–water partition coefficient (Wildman–Crippen LogP) is 4.37. The van der Waals surface area contributed by atoms with Crippen LogP contribution in [0.3, 0.4) is 0 Å². The second-order valence-corrected chi connectivity index (χ2v) is 4.90. The number of benzene rings is 1. The van der Waals surface area contributed by atoms with E-state index in [0.717, 1.165) is 28.8 Å². The minimum Gasteiger partial charge on any atom is -0.458 e. The van der Waals surface area contributed by atoms with Crippen LogP contribution in [0.25, 0.3) is 11.0 Å². The van der Waals surface area contributed by atoms with Crippen LogP contribution in [0.5, 0.6) is 0 Å². The number of hydrogen-bond donors (Lipinski definition) is 1. The van der Waals surface area contributed by atoms with E-state index in [4.69, 9.17) is 16.0 Å². The molecular weight excluding hydrogens is 234 g/mol. The number of halogens is 1. The molecule has 17 heavy (non-hydrogen) atoms. The fraction of sp³-hybridized carbons (Fsp3) is 0.429. The molecule has 2 aromatic rings. The Morgan fingerprint density at radius 2 is 2.06 bits per heavy atom. The van der Waals surface area contributed by atoms with Gasteiger partial charge in [-0.3, -0.25) is 0 Å². The number of rotatable bonds is 3. The average molecular weight is 252 g/mol. The monoisotopic (exact) mass is 251 g/mol. The van der Waals surface area contributed by atoms with Gasteiger partial charge >= 0.3 is 0 Å². The molecular formula is C14H18ClNO. The van der Waals surface area contributed by atoms with E-state index in [1.54, 1.807) is 0 Å². The summed E-state index contributed by atoms with van der Waals surface area (Å²) in [6, 6.07) is 4.28. The molecule has 1 N–H and O–H groups in total. The maximum Gasteiger partial charge on any atom is 0.153 e. The van der Waals surface area contributed by atoms with Crippen LogP contribution in [0.4, 0.5) is 0 Å². The van der Waals surface area contributed by atoms with Crippen molar-refractivity contribution in [1.82, 2.24) is 5.32 Å². The first-order chi connectivity index (χ1) is 8.04. The number of fused-ring (bicyclic) bond motifs is 1. The minimum atomic E-state index is 0.212. The van der Waals surface area contributed by atoms with Crippen molar-refractivity contribution in [2.45, 2.75) is 33.7 Å². The van der Waals surface area contributed by atoms with Gasteiger partial charge in [-0.25, -0.2) is 0 Å². The van der Waals surface area contributed by atoms with E-state index in [0.29, 0.717) is 5.02 Å². The van der Waals surface area contributed by atoms with Crippen molar-refractivity contribution in [2.24, 2.45) is 0 Å². The zero-order chi connectivity index (χ0) is 12.6. The topological polar surface area (TPSA) is 25.2 Å². The standard InChI is InChI=1S/C14H18ClNO/c1-5-16-10(4)13-9(3)11-6-8(2)7-12(15)14(11)17-13/h6-7,10,16H,5H2,1-4H3. The zero-order valence-electron chi connectivity index (χ0n) is 10.7. The molecule has 0 aliphatic heterocycles. The van der Waals surface area contributed by atoms with Crippen LogP contribution in [0.2, 0.25) is 5.02 Å². The molecule has 1 aromatic carbocycles. The molecule has 0 saturated carbocycles. The minimum absolute atomic E-state index is 0.212. The molecule has 1 aromatic heterocycles. The molecule has 0 bridgehead atoms. The molecule has 0 fully saturated rings. The number of nitrogens with one attached hydrogen (secondary N) is 1. The van der Waals surface area contributed by atoms with E-state index in [-0.39, 0.29) is 6.04 Å². The largest absolute Gasteiger partial charge is 0.458 e. The molecule has 0 aliphatic carbocycles. The predicted molar refractivity (Wildman–Crippen MR) is 72.8 cm³/mol. The van der Waals surface area contributed by atoms with Gasteiger partial charge in [-0.1, -0.05) is 18.5 Å². The van der Waals surface area contributed by atoms with Crippen molar-refractivity contribution in [3.8, 4) is 0 Å². The Morgan fingerprint density at radius 1 is 1.35 bits per heavy atom. The van der Waals surface area contributed by atoms with Crippen LogP contribution in [0.15, 0.2) is 16.5 Å². The average Bonchev–Trinajstić information content (AvgIpc) is 2.57. The van der Waals surface area contributed by atoms with Gasteiger partial charge in [-0.15, -0.1) is 0 Å². The van der Waals surface area contributed by atoms with Gasteiger partial charge < -0.3 is 9.73 Å². The van der Waals surface area contributed by atoms with Crippen molar-refractivity contribution in [3.05, 3.63) is 34.0 Å². The molecule has 1 atom stereocenters. The maximum atomic E-state index is 6.22. The third-order valence-corrected chi connectivity index (χ3v) is 3.36. The summed E-state index contributed by atoms with van der Waals surface area (Å²) in [5.41, 5.74) is 3.14. The maximum absolute atomic E-state index is 6.22. The lowest BCUT2D eigenvalue weighted by atomic mass is 10.1. The Kier molecular flexibility index (Phi) is 3.45. The lowest BCUT2D eigenvalue weighted by Gasteiger charge is -2.09. The summed E-state index contributed by atoms with van der Waals surface area (Å²) in [6.45, 7) is 9.25. The summed E-state index contributed by atoms with van der Waals surface area (Å²) in [5, 5.41) is 5.17. The Bertz CT molecular complexity index is 545. The Morgan fingerprint density at radius 3 is 2.71 bits per heavy atom. The van der Waals surface area contributed by atoms with E-state index < -0.39 is 0 Å². The first kappa shape index (κ1) is 12.5. The molecule has 0 spiro atoms. The summed E-state index contributed by atoms with van der Waals surface area (Å²) in [6.07, 6.45) is 0. The van der Waals surface area contributed by atoms with Gasteiger partial charge in [-0.05, 0) is 45.0 Å². The molecule has 2 rings (SSSR count). The highest BCUT2D eigenvalue weighted by atomic mass is 35.5. The molecule has 2 nitrogen and oxygen atoms in total. The third-order valence-electron chi connectivity index (χ3n) is 3.08. The van der Waals surface area contributed by atoms with Crippen molar-refractivity contribution in [2.75, 3.05) is 6.54 Å². The van der Waals surface area contributed by atoms with Gasteiger partial charge in [0.05, 0.1) is 11.1 Å². The molecule has 1 unspecified atom stereocenters. The smallest absolute Gasteiger partial charge is 0.153 e. The van der Waals surface area contributed by atoms with E-state index >= 15 is 0 Å². The van der Waals surface area contributed by atoms with E-state index in [1.807, 2.05) is 13.0 Å². The number of hydrogen-bond acceptors (Lipinski definition) is 2. The van der Waals surface area contributed by atoms with Crippen LogP contribution in [-0.4, -0.2) is 6.54 Å². The van der Waals surface area contributed by atoms with Crippen LogP contribution >= 0.6 is 11.6 Å². The van der Waals surface area contributed by atoms with Gasteiger partial charge in [0.1, 0.15) is 5.76 Å². The summed E-state index contributed by atoms with van der Waals surface area (Å²) < 4.78 is 5.90. The molecule has 0 radical (unpaired) electrons. The Labute approximate surface area is 107 Å². The van der Waals surface area contributed by atoms with Crippen LogP contribution in [-0.2, 0) is 0 Å². The third kappa shape index (κ3) is 2.20. The number of aryl methyl sites for hydroxylation is 2. The Balaban J connectivity index is 2.60. The van der Waals surface area contributed by atoms with E-state index in [2.05, 4.69) is 32.2 Å². The van der Waals surface area contributed by atoms with E-state index in [9.17, 15) is 0 Å². The van der Waals surface area contributed by atoms with Crippen LogP contribution in [0.1, 0.15) is 36.8 Å². The normalized spacial score (nSPS) is 13.2. The fourth-order valence-electron chi connectivity index (χ4n) is 2.24. The van der Waals surface area contributed by atoms with Crippen molar-refractivity contribution >= 4 is 22.6 Å². The van der Waals surface area contributed by atoms with Crippen molar-refractivity contribution in [1.29, 1.82) is 0 Å². The molecule has 0 saturated heterocycles. The molecule has 92 valence electrons. The molecule has 3 heteroatoms. The quantitative estimate of drug-likeness (QED) is 0.876. The highest BCUT2D eigenvalue weighted by molar-refractivity contribution is 6.35. The Hall–Kier alpha value is -0.990. The second kappa shape index (κ2) is 4.71. The zero-order valence-corrected chi connectivity index (χ0v) is 11.5. The first-order valence-corrected chi connectivity index (χ1v) is 6.35. The molecule has 0 amide bonds. The summed E-state index contributed by atoms with van der Waals surface area (Å²) in [4.78, 5) is 0. The van der Waals surface area contributed by atoms with Gasteiger partial charge in [0.25, 0.3) is 0 Å². The number of furan rings is 1. The molecule has 1 heterocycles. The lowest BCUT2D eigenvalue weighted by molar-refractivity contribution is 0.456. The van der Waals surface area contributed by atoms with Gasteiger partial charge in [0.2, 0.25) is 0 Å².